The number of alkyl halides is 3. The molecule has 1 aliphatic heterocycles. The summed E-state index contributed by atoms with van der Waals surface area (Å²) >= 11 is 0. The summed E-state index contributed by atoms with van der Waals surface area (Å²) in [7, 11) is 0. The molecule has 0 aromatic carbocycles. The van der Waals surface area contributed by atoms with Gasteiger partial charge >= 0.3 is 6.18 Å². The number of hydrogen-bond acceptors (Lipinski definition) is 4. The molecular formula is C8H9F3N4. The summed E-state index contributed by atoms with van der Waals surface area (Å²) in [4.78, 5) is 8.77. The zero-order valence-corrected chi connectivity index (χ0v) is 7.70. The van der Waals surface area contributed by atoms with Crippen LogP contribution in [0.2, 0.25) is 0 Å². The number of aromatic nitrogens is 2. The van der Waals surface area contributed by atoms with Crippen molar-refractivity contribution in [3.63, 3.8) is 0 Å². The van der Waals surface area contributed by atoms with Crippen molar-refractivity contribution in [3.8, 4) is 0 Å². The predicted octanol–water partition coefficient (Wildman–Crippen LogP) is 0.643. The molecule has 4 nitrogen and oxygen atoms in total. The zero-order chi connectivity index (χ0) is 11.1. The van der Waals surface area contributed by atoms with Gasteiger partial charge in [-0.15, -0.1) is 0 Å². The van der Waals surface area contributed by atoms with E-state index in [4.69, 9.17) is 5.73 Å². The average Bonchev–Trinajstić information content (AvgIpc) is 2.12. The molecule has 0 amide bonds. The predicted molar refractivity (Wildman–Crippen MR) is 47.2 cm³/mol. The first-order valence-electron chi connectivity index (χ1n) is 4.36. The molecule has 1 aromatic heterocycles. The Labute approximate surface area is 83.9 Å². The van der Waals surface area contributed by atoms with Crippen LogP contribution in [0.15, 0.2) is 12.4 Å². The largest absolute Gasteiger partial charge is 0.434 e. The van der Waals surface area contributed by atoms with Crippen molar-refractivity contribution in [2.24, 2.45) is 5.73 Å². The third kappa shape index (κ3) is 2.01. The standard InChI is InChI=1S/C8H9F3N4/c9-8(10,11)6-1-14-7(2-13-6)15-3-5(12)4-15/h1-2,5H,3-4,12H2. The van der Waals surface area contributed by atoms with Gasteiger partial charge in [-0.3, -0.25) is 0 Å². The van der Waals surface area contributed by atoms with Crippen LogP contribution in [-0.4, -0.2) is 29.1 Å². The topological polar surface area (TPSA) is 55.0 Å². The summed E-state index contributed by atoms with van der Waals surface area (Å²) in [6.07, 6.45) is -2.58. The maximum atomic E-state index is 12.1. The molecule has 0 unspecified atom stereocenters. The van der Waals surface area contributed by atoms with Crippen molar-refractivity contribution >= 4 is 5.82 Å². The minimum Gasteiger partial charge on any atom is -0.352 e. The van der Waals surface area contributed by atoms with Crippen LogP contribution in [-0.2, 0) is 6.18 Å². The van der Waals surface area contributed by atoms with E-state index in [-0.39, 0.29) is 6.04 Å². The van der Waals surface area contributed by atoms with E-state index >= 15 is 0 Å². The third-order valence-corrected chi connectivity index (χ3v) is 2.16. The van der Waals surface area contributed by atoms with Crippen molar-refractivity contribution in [1.29, 1.82) is 0 Å². The van der Waals surface area contributed by atoms with Crippen molar-refractivity contribution in [3.05, 3.63) is 18.1 Å². The minimum absolute atomic E-state index is 0.0779. The Morgan fingerprint density at radius 1 is 1.27 bits per heavy atom. The van der Waals surface area contributed by atoms with Gasteiger partial charge in [-0.2, -0.15) is 13.2 Å². The molecule has 7 heteroatoms. The van der Waals surface area contributed by atoms with Crippen LogP contribution in [0, 0.1) is 0 Å². The van der Waals surface area contributed by atoms with E-state index in [1.807, 2.05) is 0 Å². The molecular weight excluding hydrogens is 209 g/mol. The van der Waals surface area contributed by atoms with E-state index in [0.29, 0.717) is 18.9 Å². The first kappa shape index (κ1) is 10.2. The summed E-state index contributed by atoms with van der Waals surface area (Å²) in [5, 5.41) is 0. The van der Waals surface area contributed by atoms with Gasteiger partial charge in [0, 0.05) is 19.1 Å². The SMILES string of the molecule is NC1CN(c2cnc(C(F)(F)F)cn2)C1. The monoisotopic (exact) mass is 218 g/mol. The average molecular weight is 218 g/mol. The molecule has 0 bridgehead atoms. The lowest BCUT2D eigenvalue weighted by Crippen LogP contribution is -2.56. The number of nitrogens with zero attached hydrogens (tertiary/aromatic N) is 3. The highest BCUT2D eigenvalue weighted by atomic mass is 19.4. The lowest BCUT2D eigenvalue weighted by molar-refractivity contribution is -0.141. The van der Waals surface area contributed by atoms with Gasteiger partial charge in [0.1, 0.15) is 5.82 Å². The highest BCUT2D eigenvalue weighted by molar-refractivity contribution is 5.40. The Bertz CT molecular complexity index is 342. The van der Waals surface area contributed by atoms with Gasteiger partial charge in [-0.1, -0.05) is 0 Å². The second kappa shape index (κ2) is 3.34. The summed E-state index contributed by atoms with van der Waals surface area (Å²) in [6.45, 7) is 1.22. The van der Waals surface area contributed by atoms with Crippen LogP contribution < -0.4 is 10.6 Å². The molecule has 0 spiro atoms. The number of hydrogen-bond donors (Lipinski definition) is 1. The second-order valence-corrected chi connectivity index (χ2v) is 3.42. The molecule has 2 N–H and O–H groups in total. The maximum Gasteiger partial charge on any atom is 0.434 e. The van der Waals surface area contributed by atoms with Crippen LogP contribution in [0.3, 0.4) is 0 Å². The fourth-order valence-electron chi connectivity index (χ4n) is 1.33. The van der Waals surface area contributed by atoms with Gasteiger partial charge in [0.15, 0.2) is 5.69 Å². The van der Waals surface area contributed by atoms with E-state index in [1.165, 1.54) is 0 Å². The van der Waals surface area contributed by atoms with Gasteiger partial charge < -0.3 is 10.6 Å². The lowest BCUT2D eigenvalue weighted by atomic mass is 10.1. The van der Waals surface area contributed by atoms with Gasteiger partial charge in [0.05, 0.1) is 12.4 Å². The first-order valence-corrected chi connectivity index (χ1v) is 4.36. The normalized spacial score (nSPS) is 17.7. The van der Waals surface area contributed by atoms with Crippen LogP contribution in [0.25, 0.3) is 0 Å². The third-order valence-electron chi connectivity index (χ3n) is 2.16. The Balaban J connectivity index is 2.11. The number of rotatable bonds is 1. The van der Waals surface area contributed by atoms with Crippen LogP contribution >= 0.6 is 0 Å². The van der Waals surface area contributed by atoms with E-state index < -0.39 is 11.9 Å². The van der Waals surface area contributed by atoms with Gasteiger partial charge in [-0.05, 0) is 0 Å². The van der Waals surface area contributed by atoms with Crippen LogP contribution in [0.4, 0.5) is 19.0 Å². The van der Waals surface area contributed by atoms with E-state index in [2.05, 4.69) is 9.97 Å². The van der Waals surface area contributed by atoms with Gasteiger partial charge in [-0.25, -0.2) is 9.97 Å². The highest BCUT2D eigenvalue weighted by Gasteiger charge is 2.33. The summed E-state index contributed by atoms with van der Waals surface area (Å²) in [5.74, 6) is 0.435. The molecule has 1 fully saturated rings. The van der Waals surface area contributed by atoms with Crippen molar-refractivity contribution in [1.82, 2.24) is 9.97 Å². The van der Waals surface area contributed by atoms with Crippen molar-refractivity contribution < 1.29 is 13.2 Å². The van der Waals surface area contributed by atoms with Crippen LogP contribution in [0.1, 0.15) is 5.69 Å². The molecule has 1 aromatic rings. The Morgan fingerprint density at radius 3 is 2.33 bits per heavy atom. The van der Waals surface area contributed by atoms with Crippen LogP contribution in [0.5, 0.6) is 0 Å². The van der Waals surface area contributed by atoms with E-state index in [9.17, 15) is 13.2 Å². The highest BCUT2D eigenvalue weighted by Crippen LogP contribution is 2.27. The van der Waals surface area contributed by atoms with Gasteiger partial charge in [0.2, 0.25) is 0 Å². The smallest absolute Gasteiger partial charge is 0.352 e. The molecule has 15 heavy (non-hydrogen) atoms. The van der Waals surface area contributed by atoms with E-state index in [1.54, 1.807) is 4.90 Å². The fraction of sp³-hybridized carbons (Fsp3) is 0.500. The van der Waals surface area contributed by atoms with Crippen molar-refractivity contribution in [2.75, 3.05) is 18.0 Å². The zero-order valence-electron chi connectivity index (χ0n) is 7.70. The van der Waals surface area contributed by atoms with Gasteiger partial charge in [0.25, 0.3) is 0 Å². The fourth-order valence-corrected chi connectivity index (χ4v) is 1.33. The second-order valence-electron chi connectivity index (χ2n) is 3.42. The molecule has 0 aliphatic carbocycles. The lowest BCUT2D eigenvalue weighted by Gasteiger charge is -2.37. The Kier molecular flexibility index (Phi) is 2.26. The number of halogens is 3. The Hall–Kier alpha value is -1.37. The molecule has 1 aliphatic rings. The molecule has 0 atom stereocenters. The number of anilines is 1. The quantitative estimate of drug-likeness (QED) is 0.751. The summed E-state index contributed by atoms with van der Waals surface area (Å²) in [6, 6.07) is 0.0779. The summed E-state index contributed by atoms with van der Waals surface area (Å²) < 4.78 is 36.4. The Morgan fingerprint density at radius 2 is 1.93 bits per heavy atom. The number of nitrogens with two attached hydrogens (primary N) is 1. The molecule has 1 saturated heterocycles. The molecule has 2 rings (SSSR count). The molecule has 0 saturated carbocycles. The maximum absolute atomic E-state index is 12.1. The summed E-state index contributed by atoms with van der Waals surface area (Å²) in [5.41, 5.74) is 4.56. The minimum atomic E-state index is -4.43. The molecule has 82 valence electrons. The molecule has 2 heterocycles. The first-order chi connectivity index (χ1) is 6.97. The molecule has 0 radical (unpaired) electrons. The van der Waals surface area contributed by atoms with Crippen molar-refractivity contribution in [2.45, 2.75) is 12.2 Å². The van der Waals surface area contributed by atoms with E-state index in [0.717, 1.165) is 12.4 Å².